The molecule has 1 N–H and O–H groups in total. The number of rotatable bonds is 2. The predicted octanol–water partition coefficient (Wildman–Crippen LogP) is 4.22. The van der Waals surface area contributed by atoms with Crippen molar-refractivity contribution in [3.05, 3.63) is 65.7 Å². The fourth-order valence-corrected chi connectivity index (χ4v) is 4.01. The number of hydrogen-bond acceptors (Lipinski definition) is 2. The Labute approximate surface area is 160 Å². The van der Waals surface area contributed by atoms with Crippen molar-refractivity contribution in [1.29, 1.82) is 0 Å². The van der Waals surface area contributed by atoms with Gasteiger partial charge in [0.05, 0.1) is 6.54 Å². The molecule has 0 aromatic heterocycles. The summed E-state index contributed by atoms with van der Waals surface area (Å²) in [5.74, 6) is 1.27. The summed E-state index contributed by atoms with van der Waals surface area (Å²) < 4.78 is 2.39. The highest BCUT2D eigenvalue weighted by atomic mass is 79.9. The molecule has 1 atom stereocenters. The third-order valence-corrected chi connectivity index (χ3v) is 5.26. The van der Waals surface area contributed by atoms with Crippen LogP contribution in [0, 0.1) is 6.92 Å². The molecule has 0 spiro atoms. The lowest BCUT2D eigenvalue weighted by Gasteiger charge is -2.29. The second-order valence-electron chi connectivity index (χ2n) is 7.00. The van der Waals surface area contributed by atoms with Crippen LogP contribution in [0.5, 0.6) is 0 Å². The predicted molar refractivity (Wildman–Crippen MR) is 108 cm³/mol. The highest BCUT2D eigenvalue weighted by molar-refractivity contribution is 8.93. The lowest BCUT2D eigenvalue weighted by atomic mass is 10.00. The van der Waals surface area contributed by atoms with Crippen LogP contribution in [0.1, 0.15) is 36.8 Å². The molecule has 0 aliphatic carbocycles. The quantitative estimate of drug-likeness (QED) is 0.762. The highest BCUT2D eigenvalue weighted by Gasteiger charge is 2.53. The second-order valence-corrected chi connectivity index (χ2v) is 7.00. The van der Waals surface area contributed by atoms with E-state index in [0.717, 1.165) is 24.2 Å². The first-order chi connectivity index (χ1) is 11.7. The number of aliphatic hydroxyl groups is 1. The van der Waals surface area contributed by atoms with Crippen LogP contribution in [0.15, 0.2) is 54.6 Å². The van der Waals surface area contributed by atoms with E-state index in [1.807, 2.05) is 30.3 Å². The van der Waals surface area contributed by atoms with E-state index in [4.69, 9.17) is 0 Å². The molecule has 4 heteroatoms. The van der Waals surface area contributed by atoms with Crippen LogP contribution >= 0.6 is 17.0 Å². The number of aryl methyl sites for hydroxylation is 1. The molecule has 2 aromatic rings. The van der Waals surface area contributed by atoms with E-state index in [9.17, 15) is 5.11 Å². The van der Waals surface area contributed by atoms with Gasteiger partial charge < -0.3 is 5.11 Å². The Bertz CT molecular complexity index is 757. The summed E-state index contributed by atoms with van der Waals surface area (Å²) in [5, 5.41) is 11.7. The first-order valence-electron chi connectivity index (χ1n) is 8.94. The highest BCUT2D eigenvalue weighted by Crippen LogP contribution is 2.37. The van der Waals surface area contributed by atoms with Crippen molar-refractivity contribution in [3.8, 4) is 0 Å². The maximum atomic E-state index is 11.7. The standard InChI is InChI=1S/C21H25N2O.BrH/c1-17-11-13-19(14-12-17)23-20-10-6-3-7-15-22(20)16-21(23,24)18-8-4-2-5-9-18;/h2,4-5,8-9,11-14,24H,3,6-7,10,15-16H2,1H3;1H/q+1;. The Kier molecular flexibility index (Phi) is 5.30. The summed E-state index contributed by atoms with van der Waals surface area (Å²) in [7, 11) is 0. The first kappa shape index (κ1) is 18.2. The van der Waals surface area contributed by atoms with Crippen molar-refractivity contribution in [1.82, 2.24) is 0 Å². The zero-order valence-corrected chi connectivity index (χ0v) is 16.4. The topological polar surface area (TPSA) is 26.5 Å². The number of amidine groups is 1. The van der Waals surface area contributed by atoms with E-state index < -0.39 is 5.72 Å². The molecule has 0 bridgehead atoms. The van der Waals surface area contributed by atoms with Crippen LogP contribution in [-0.4, -0.2) is 28.6 Å². The normalized spacial score (nSPS) is 23.0. The fourth-order valence-electron chi connectivity index (χ4n) is 4.01. The molecule has 2 aliphatic heterocycles. The van der Waals surface area contributed by atoms with E-state index in [2.05, 4.69) is 40.7 Å². The lowest BCUT2D eigenvalue weighted by Crippen LogP contribution is -2.47. The third-order valence-electron chi connectivity index (χ3n) is 5.26. The summed E-state index contributed by atoms with van der Waals surface area (Å²) in [6, 6.07) is 18.6. The Hall–Kier alpha value is -1.65. The average Bonchev–Trinajstić information content (AvgIpc) is 2.74. The van der Waals surface area contributed by atoms with Gasteiger partial charge in [0, 0.05) is 12.0 Å². The van der Waals surface area contributed by atoms with Crippen molar-refractivity contribution in [3.63, 3.8) is 0 Å². The Morgan fingerprint density at radius 2 is 1.68 bits per heavy atom. The number of benzene rings is 2. The van der Waals surface area contributed by atoms with Crippen LogP contribution in [0.2, 0.25) is 0 Å². The van der Waals surface area contributed by atoms with Crippen LogP contribution in [0.4, 0.5) is 5.69 Å². The maximum Gasteiger partial charge on any atom is 0.275 e. The SMILES string of the molecule is Br.Cc1ccc(N2C3=[N+](CCCCC3)CC2(O)c2ccccc2)cc1. The van der Waals surface area contributed by atoms with Gasteiger partial charge in [0.2, 0.25) is 0 Å². The van der Waals surface area contributed by atoms with Crippen LogP contribution in [0.3, 0.4) is 0 Å². The second kappa shape index (κ2) is 7.30. The Balaban J connectivity index is 0.00000182. The maximum absolute atomic E-state index is 11.7. The molecule has 2 heterocycles. The number of anilines is 1. The molecule has 0 saturated heterocycles. The van der Waals surface area contributed by atoms with Gasteiger partial charge in [0.1, 0.15) is 5.69 Å². The molecule has 4 rings (SSSR count). The van der Waals surface area contributed by atoms with E-state index >= 15 is 0 Å². The van der Waals surface area contributed by atoms with Gasteiger partial charge in [-0.3, -0.25) is 4.58 Å². The van der Waals surface area contributed by atoms with E-state index in [1.165, 1.54) is 30.7 Å². The largest absolute Gasteiger partial charge is 0.346 e. The van der Waals surface area contributed by atoms with Crippen LogP contribution in [-0.2, 0) is 5.72 Å². The molecule has 2 aliphatic rings. The van der Waals surface area contributed by atoms with Crippen molar-refractivity contribution < 1.29 is 9.68 Å². The van der Waals surface area contributed by atoms with Crippen molar-refractivity contribution in [2.24, 2.45) is 0 Å². The number of nitrogens with zero attached hydrogens (tertiary/aromatic N) is 2. The molecule has 2 aromatic carbocycles. The fraction of sp³-hybridized carbons (Fsp3) is 0.381. The first-order valence-corrected chi connectivity index (χ1v) is 8.94. The van der Waals surface area contributed by atoms with E-state index in [-0.39, 0.29) is 17.0 Å². The molecule has 0 saturated carbocycles. The van der Waals surface area contributed by atoms with Crippen molar-refractivity contribution in [2.75, 3.05) is 18.0 Å². The van der Waals surface area contributed by atoms with Gasteiger partial charge in [-0.25, -0.2) is 0 Å². The summed E-state index contributed by atoms with van der Waals surface area (Å²) in [6.07, 6.45) is 4.70. The molecule has 0 radical (unpaired) electrons. The summed E-state index contributed by atoms with van der Waals surface area (Å²) in [5.41, 5.74) is 2.28. The monoisotopic (exact) mass is 401 g/mol. The summed E-state index contributed by atoms with van der Waals surface area (Å²) in [6.45, 7) is 3.77. The van der Waals surface area contributed by atoms with Crippen LogP contribution < -0.4 is 4.90 Å². The number of hydrogen-bond donors (Lipinski definition) is 1. The van der Waals surface area contributed by atoms with E-state index in [1.54, 1.807) is 0 Å². The summed E-state index contributed by atoms with van der Waals surface area (Å²) in [4.78, 5) is 2.17. The van der Waals surface area contributed by atoms with Gasteiger partial charge in [-0.05, 0) is 38.3 Å². The molecular weight excluding hydrogens is 376 g/mol. The minimum atomic E-state index is -0.997. The molecule has 0 fully saturated rings. The molecular formula is C21H26BrN2O+. The molecule has 132 valence electrons. The van der Waals surface area contributed by atoms with Gasteiger partial charge in [-0.15, -0.1) is 17.0 Å². The zero-order valence-electron chi connectivity index (χ0n) is 14.7. The van der Waals surface area contributed by atoms with Crippen molar-refractivity contribution in [2.45, 2.75) is 38.3 Å². The zero-order chi connectivity index (χ0) is 16.6. The van der Waals surface area contributed by atoms with Gasteiger partial charge >= 0.3 is 0 Å². The third kappa shape index (κ3) is 3.25. The van der Waals surface area contributed by atoms with Gasteiger partial charge in [0.15, 0.2) is 6.54 Å². The Morgan fingerprint density at radius 1 is 0.960 bits per heavy atom. The molecule has 25 heavy (non-hydrogen) atoms. The minimum Gasteiger partial charge on any atom is -0.346 e. The van der Waals surface area contributed by atoms with Crippen molar-refractivity contribution >= 4 is 28.5 Å². The Morgan fingerprint density at radius 3 is 2.40 bits per heavy atom. The molecule has 3 nitrogen and oxygen atoms in total. The number of halogens is 1. The van der Waals surface area contributed by atoms with Gasteiger partial charge in [0.25, 0.3) is 11.6 Å². The average molecular weight is 402 g/mol. The van der Waals surface area contributed by atoms with Gasteiger partial charge in [-0.1, -0.05) is 48.0 Å². The lowest BCUT2D eigenvalue weighted by molar-refractivity contribution is -0.534. The van der Waals surface area contributed by atoms with Gasteiger partial charge in [-0.2, -0.15) is 4.90 Å². The smallest absolute Gasteiger partial charge is 0.275 e. The summed E-state index contributed by atoms with van der Waals surface area (Å²) >= 11 is 0. The molecule has 0 amide bonds. The minimum absolute atomic E-state index is 0. The van der Waals surface area contributed by atoms with Crippen LogP contribution in [0.25, 0.3) is 0 Å². The van der Waals surface area contributed by atoms with E-state index in [0.29, 0.717) is 6.54 Å². The molecule has 1 unspecified atom stereocenters.